The van der Waals surface area contributed by atoms with Crippen LogP contribution in [0.5, 0.6) is 0 Å². The molecule has 0 spiro atoms. The Labute approximate surface area is 126 Å². The summed E-state index contributed by atoms with van der Waals surface area (Å²) in [6.07, 6.45) is -5.67. The Morgan fingerprint density at radius 2 is 2.00 bits per heavy atom. The number of amides is 1. The van der Waals surface area contributed by atoms with E-state index in [1.54, 1.807) is 0 Å². The Morgan fingerprint density at radius 3 is 2.57 bits per heavy atom. The Morgan fingerprint density at radius 1 is 1.30 bits per heavy atom. The predicted molar refractivity (Wildman–Crippen MR) is 68.2 cm³/mol. The van der Waals surface area contributed by atoms with Gasteiger partial charge in [-0.2, -0.15) is 13.2 Å². The van der Waals surface area contributed by atoms with E-state index in [0.29, 0.717) is 4.68 Å². The molecule has 2 heterocycles. The number of β-amino-alcohol motifs (C(OH)–C–C–N with tert-alkyl or cyclic N) is 1. The second kappa shape index (κ2) is 5.30. The fraction of sp³-hybridized carbons (Fsp3) is 0.308. The minimum absolute atomic E-state index is 0.0665. The molecule has 1 N–H and O–H groups in total. The zero-order valence-electron chi connectivity index (χ0n) is 11.5. The molecule has 1 fully saturated rings. The number of aliphatic hydroxyl groups excluding tert-OH is 1. The van der Waals surface area contributed by atoms with Gasteiger partial charge in [0.05, 0.1) is 11.8 Å². The van der Waals surface area contributed by atoms with Gasteiger partial charge in [-0.15, -0.1) is 5.10 Å². The van der Waals surface area contributed by atoms with Gasteiger partial charge in [0.1, 0.15) is 5.82 Å². The molecule has 1 saturated heterocycles. The number of carbonyl (C=O) groups is 1. The van der Waals surface area contributed by atoms with Crippen molar-refractivity contribution in [1.29, 1.82) is 0 Å². The van der Waals surface area contributed by atoms with Crippen LogP contribution in [0.4, 0.5) is 17.6 Å². The third-order valence-electron chi connectivity index (χ3n) is 3.34. The molecule has 0 radical (unpaired) electrons. The highest BCUT2D eigenvalue weighted by atomic mass is 19.4. The molecule has 1 aliphatic heterocycles. The Kier molecular flexibility index (Phi) is 3.55. The van der Waals surface area contributed by atoms with E-state index in [1.165, 1.54) is 12.1 Å². The fourth-order valence-electron chi connectivity index (χ4n) is 2.24. The van der Waals surface area contributed by atoms with E-state index in [-0.39, 0.29) is 18.8 Å². The lowest BCUT2D eigenvalue weighted by Crippen LogP contribution is -2.53. The minimum atomic E-state index is -4.91. The van der Waals surface area contributed by atoms with Crippen molar-refractivity contribution in [2.75, 3.05) is 13.1 Å². The van der Waals surface area contributed by atoms with Gasteiger partial charge in [-0.25, -0.2) is 9.07 Å². The average Bonchev–Trinajstić information content (AvgIpc) is 2.88. The van der Waals surface area contributed by atoms with Crippen LogP contribution in [0.2, 0.25) is 0 Å². The maximum Gasteiger partial charge on any atom is 0.435 e. The Bertz CT molecular complexity index is 753. The summed E-state index contributed by atoms with van der Waals surface area (Å²) in [4.78, 5) is 13.1. The molecule has 0 aliphatic carbocycles. The van der Waals surface area contributed by atoms with Crippen LogP contribution in [0.25, 0.3) is 5.69 Å². The molecule has 0 unspecified atom stereocenters. The maximum absolute atomic E-state index is 13.3. The lowest BCUT2D eigenvalue weighted by atomic mass is 10.1. The number of hydrogen-bond donors (Lipinski definition) is 1. The molecule has 1 aromatic heterocycles. The number of likely N-dealkylation sites (tertiary alicyclic amines) is 1. The number of benzene rings is 1. The second-order valence-corrected chi connectivity index (χ2v) is 5.04. The van der Waals surface area contributed by atoms with Crippen molar-refractivity contribution in [2.45, 2.75) is 12.3 Å². The number of halogens is 4. The third-order valence-corrected chi connectivity index (χ3v) is 3.34. The van der Waals surface area contributed by atoms with Crippen molar-refractivity contribution in [2.24, 2.45) is 0 Å². The maximum atomic E-state index is 13.3. The smallest absolute Gasteiger partial charge is 0.389 e. The molecule has 1 amide bonds. The summed E-state index contributed by atoms with van der Waals surface area (Å²) in [7, 11) is 0. The number of nitrogens with zero attached hydrogens (tertiary/aromatic N) is 4. The molecule has 6 nitrogen and oxygen atoms in total. The van der Waals surface area contributed by atoms with Gasteiger partial charge >= 0.3 is 6.18 Å². The SMILES string of the molecule is O=C(c1nnn(-c2cccc(F)c2)c1C(F)(F)F)N1CC(O)C1. The summed E-state index contributed by atoms with van der Waals surface area (Å²) in [5.41, 5.74) is -2.46. The molecular weight excluding hydrogens is 320 g/mol. The van der Waals surface area contributed by atoms with Crippen LogP contribution < -0.4 is 0 Å². The number of rotatable bonds is 2. The van der Waals surface area contributed by atoms with Crippen molar-refractivity contribution in [3.63, 3.8) is 0 Å². The number of aromatic nitrogens is 3. The third kappa shape index (κ3) is 2.77. The average molecular weight is 330 g/mol. The van der Waals surface area contributed by atoms with Gasteiger partial charge in [0, 0.05) is 13.1 Å². The first-order valence-corrected chi connectivity index (χ1v) is 6.53. The minimum Gasteiger partial charge on any atom is -0.389 e. The second-order valence-electron chi connectivity index (χ2n) is 5.04. The van der Waals surface area contributed by atoms with Gasteiger partial charge < -0.3 is 10.0 Å². The molecule has 3 rings (SSSR count). The predicted octanol–water partition coefficient (Wildman–Crippen LogP) is 1.24. The Balaban J connectivity index is 2.07. The van der Waals surface area contributed by atoms with Gasteiger partial charge in [-0.05, 0) is 18.2 Å². The fourth-order valence-corrected chi connectivity index (χ4v) is 2.24. The highest BCUT2D eigenvalue weighted by molar-refractivity contribution is 5.94. The summed E-state index contributed by atoms with van der Waals surface area (Å²) >= 11 is 0. The van der Waals surface area contributed by atoms with Gasteiger partial charge in [0.25, 0.3) is 5.91 Å². The summed E-state index contributed by atoms with van der Waals surface area (Å²) < 4.78 is 53.6. The van der Waals surface area contributed by atoms with Crippen molar-refractivity contribution >= 4 is 5.91 Å². The highest BCUT2D eigenvalue weighted by Crippen LogP contribution is 2.33. The number of aliphatic hydroxyl groups is 1. The van der Waals surface area contributed by atoms with E-state index < -0.39 is 35.4 Å². The quantitative estimate of drug-likeness (QED) is 0.841. The van der Waals surface area contributed by atoms with Crippen molar-refractivity contribution < 1.29 is 27.5 Å². The zero-order chi connectivity index (χ0) is 16.8. The molecular formula is C13H10F4N4O2. The van der Waals surface area contributed by atoms with Crippen LogP contribution in [0.3, 0.4) is 0 Å². The molecule has 10 heteroatoms. The lowest BCUT2D eigenvalue weighted by molar-refractivity contribution is -0.143. The largest absolute Gasteiger partial charge is 0.435 e. The molecule has 122 valence electrons. The van der Waals surface area contributed by atoms with Crippen LogP contribution in [0.1, 0.15) is 16.2 Å². The molecule has 1 aliphatic rings. The van der Waals surface area contributed by atoms with Crippen molar-refractivity contribution in [3.05, 3.63) is 41.5 Å². The summed E-state index contributed by atoms with van der Waals surface area (Å²) in [5.74, 6) is -1.73. The molecule has 1 aromatic carbocycles. The van der Waals surface area contributed by atoms with Crippen LogP contribution in [0, 0.1) is 5.82 Å². The monoisotopic (exact) mass is 330 g/mol. The first-order chi connectivity index (χ1) is 10.8. The number of hydrogen-bond acceptors (Lipinski definition) is 4. The molecule has 2 aromatic rings. The van der Waals surface area contributed by atoms with Gasteiger partial charge in [0.2, 0.25) is 0 Å². The van der Waals surface area contributed by atoms with Crippen LogP contribution >= 0.6 is 0 Å². The van der Waals surface area contributed by atoms with E-state index in [4.69, 9.17) is 5.11 Å². The van der Waals surface area contributed by atoms with Gasteiger partial charge in [-0.3, -0.25) is 4.79 Å². The van der Waals surface area contributed by atoms with Crippen molar-refractivity contribution in [3.8, 4) is 5.69 Å². The van der Waals surface area contributed by atoms with E-state index >= 15 is 0 Å². The van der Waals surface area contributed by atoms with E-state index in [9.17, 15) is 22.4 Å². The van der Waals surface area contributed by atoms with Crippen LogP contribution in [-0.4, -0.2) is 50.1 Å². The van der Waals surface area contributed by atoms with Crippen molar-refractivity contribution in [1.82, 2.24) is 19.9 Å². The van der Waals surface area contributed by atoms with E-state index in [1.807, 2.05) is 0 Å². The molecule has 0 atom stereocenters. The first kappa shape index (κ1) is 15.4. The first-order valence-electron chi connectivity index (χ1n) is 6.53. The highest BCUT2D eigenvalue weighted by Gasteiger charge is 2.44. The van der Waals surface area contributed by atoms with E-state index in [0.717, 1.165) is 17.0 Å². The number of alkyl halides is 3. The molecule has 23 heavy (non-hydrogen) atoms. The summed E-state index contributed by atoms with van der Waals surface area (Å²) in [6.45, 7) is -0.133. The summed E-state index contributed by atoms with van der Waals surface area (Å²) in [5, 5.41) is 15.8. The molecule has 0 saturated carbocycles. The van der Waals surface area contributed by atoms with Crippen LogP contribution in [0.15, 0.2) is 24.3 Å². The number of carbonyl (C=O) groups excluding carboxylic acids is 1. The zero-order valence-corrected chi connectivity index (χ0v) is 11.5. The van der Waals surface area contributed by atoms with Crippen LogP contribution in [-0.2, 0) is 6.18 Å². The van der Waals surface area contributed by atoms with Gasteiger partial charge in [0.15, 0.2) is 11.4 Å². The standard InChI is InChI=1S/C13H10F4N4O2/c14-7-2-1-3-8(4-7)21-11(13(15,16)17)10(18-19-21)12(23)20-5-9(22)6-20/h1-4,9,22H,5-6H2. The van der Waals surface area contributed by atoms with Gasteiger partial charge in [-0.1, -0.05) is 11.3 Å². The van der Waals surface area contributed by atoms with E-state index in [2.05, 4.69) is 10.3 Å². The topological polar surface area (TPSA) is 71.2 Å². The lowest BCUT2D eigenvalue weighted by Gasteiger charge is -2.35. The Hall–Kier alpha value is -2.49. The normalized spacial score (nSPS) is 15.6. The summed E-state index contributed by atoms with van der Waals surface area (Å²) in [6, 6.07) is 4.36. The molecule has 0 bridgehead atoms.